The van der Waals surface area contributed by atoms with Crippen molar-refractivity contribution in [1.82, 2.24) is 24.4 Å². The van der Waals surface area contributed by atoms with Crippen LogP contribution in [0.4, 0.5) is 10.2 Å². The van der Waals surface area contributed by atoms with Crippen molar-refractivity contribution in [2.75, 3.05) is 44.5 Å². The molecular weight excluding hydrogens is 471 g/mol. The second-order valence-electron chi connectivity index (χ2n) is 8.17. The van der Waals surface area contributed by atoms with E-state index in [4.69, 9.17) is 4.74 Å². The highest BCUT2D eigenvalue weighted by Gasteiger charge is 2.21. The molecule has 1 aromatic carbocycles. The van der Waals surface area contributed by atoms with Crippen LogP contribution in [0.1, 0.15) is 11.4 Å². The summed E-state index contributed by atoms with van der Waals surface area (Å²) < 4.78 is 34.3. The van der Waals surface area contributed by atoms with E-state index >= 15 is 0 Å². The molecule has 2 aromatic heterocycles. The lowest BCUT2D eigenvalue weighted by molar-refractivity contribution is 0.270. The van der Waals surface area contributed by atoms with E-state index in [-0.39, 0.29) is 12.5 Å². The summed E-state index contributed by atoms with van der Waals surface area (Å²) in [5, 5.41) is 10.6. The lowest BCUT2D eigenvalue weighted by atomic mass is 10.2. The molecule has 0 amide bonds. The lowest BCUT2D eigenvalue weighted by Crippen LogP contribution is -2.48. The Morgan fingerprint density at radius 2 is 2.06 bits per heavy atom. The molecular formula is C23H29FN8O2S. The zero-order valence-corrected chi connectivity index (χ0v) is 20.8. The third kappa shape index (κ3) is 5.95. The normalized spacial score (nSPS) is 16.5. The number of hydrogen-bond acceptors (Lipinski definition) is 6. The highest BCUT2D eigenvalue weighted by molar-refractivity contribution is 7.81. The predicted molar refractivity (Wildman–Crippen MR) is 138 cm³/mol. The number of nitrogens with one attached hydrogen (secondary N) is 3. The monoisotopic (exact) mass is 500 g/mol. The molecule has 1 atom stereocenters. The van der Waals surface area contributed by atoms with Gasteiger partial charge in [-0.3, -0.25) is 5.10 Å². The molecule has 4 rings (SSSR count). The molecule has 1 unspecified atom stereocenters. The van der Waals surface area contributed by atoms with Crippen LogP contribution in [0.15, 0.2) is 46.1 Å². The minimum absolute atomic E-state index is 0.0937. The number of anilines is 1. The first-order valence-corrected chi connectivity index (χ1v) is 12.6. The van der Waals surface area contributed by atoms with E-state index < -0.39 is 16.8 Å². The first-order valence-electron chi connectivity index (χ1n) is 11.1. The molecule has 0 aliphatic carbocycles. The number of benzene rings is 1. The number of H-pyrrole nitrogens is 2. The van der Waals surface area contributed by atoms with E-state index in [2.05, 4.69) is 37.2 Å². The standard InChI is InChI=1S/C23H29FN8O2S/c1-15-11-17-18(27-15)5-6-19(23(17)24)34-14-26-22(31-7-9-32(10-8-31)35(4)33)13-20(25-3)28-21-12-16(2)29-30-21/h5-6,11-13,27H,3,7-10,14H2,1-2,4H3,(H2,28,29,30)/b20-13+,26-22+. The fourth-order valence-corrected chi connectivity index (χ4v) is 4.51. The molecule has 0 saturated carbocycles. The number of aromatic amines is 2. The SMILES string of the molecule is C=N/C(=C\C(=N/COc1ccc2[nH]c(C)cc2c1F)N1CCN(S(C)=O)CC1)Nc1cc(C)[nH]n1. The summed E-state index contributed by atoms with van der Waals surface area (Å²) in [4.78, 5) is 13.8. The Morgan fingerprint density at radius 1 is 1.29 bits per heavy atom. The number of amidine groups is 1. The maximum atomic E-state index is 14.9. The van der Waals surface area contributed by atoms with Gasteiger partial charge in [-0.2, -0.15) is 5.10 Å². The smallest absolute Gasteiger partial charge is 0.181 e. The van der Waals surface area contributed by atoms with E-state index in [1.54, 1.807) is 30.5 Å². The van der Waals surface area contributed by atoms with Crippen molar-refractivity contribution < 1.29 is 13.3 Å². The van der Waals surface area contributed by atoms with Gasteiger partial charge in [0.25, 0.3) is 0 Å². The Bertz CT molecular complexity index is 1290. The number of fused-ring (bicyclic) bond motifs is 1. The van der Waals surface area contributed by atoms with Crippen LogP contribution in [0.2, 0.25) is 0 Å². The van der Waals surface area contributed by atoms with Crippen molar-refractivity contribution in [2.45, 2.75) is 13.8 Å². The van der Waals surface area contributed by atoms with E-state index in [9.17, 15) is 8.60 Å². The molecule has 1 saturated heterocycles. The van der Waals surface area contributed by atoms with Gasteiger partial charge in [0.15, 0.2) is 24.1 Å². The minimum Gasteiger partial charge on any atom is -0.468 e. The molecule has 3 aromatic rings. The quantitative estimate of drug-likeness (QED) is 0.325. The van der Waals surface area contributed by atoms with E-state index in [1.807, 2.05) is 29.1 Å². The second kappa shape index (κ2) is 10.8. The van der Waals surface area contributed by atoms with Gasteiger partial charge in [-0.25, -0.2) is 22.9 Å². The van der Waals surface area contributed by atoms with Crippen LogP contribution < -0.4 is 10.1 Å². The van der Waals surface area contributed by atoms with Gasteiger partial charge in [0.05, 0.1) is 11.0 Å². The molecule has 3 N–H and O–H groups in total. The minimum atomic E-state index is -1.03. The highest BCUT2D eigenvalue weighted by atomic mass is 32.2. The number of rotatable bonds is 8. The maximum Gasteiger partial charge on any atom is 0.181 e. The summed E-state index contributed by atoms with van der Waals surface area (Å²) in [7, 11) is -1.03. The molecule has 35 heavy (non-hydrogen) atoms. The number of halogens is 1. The van der Waals surface area contributed by atoms with Crippen LogP contribution in [0.3, 0.4) is 0 Å². The Hall–Kier alpha value is -3.51. The molecule has 1 aliphatic rings. The van der Waals surface area contributed by atoms with E-state index in [0.717, 1.165) is 11.4 Å². The predicted octanol–water partition coefficient (Wildman–Crippen LogP) is 2.95. The number of aryl methyl sites for hydroxylation is 2. The van der Waals surface area contributed by atoms with Crippen molar-refractivity contribution in [3.05, 3.63) is 53.4 Å². The number of ether oxygens (including phenoxy) is 1. The summed E-state index contributed by atoms with van der Waals surface area (Å²) in [6, 6.07) is 6.96. The summed E-state index contributed by atoms with van der Waals surface area (Å²) in [5.74, 6) is 1.34. The largest absolute Gasteiger partial charge is 0.468 e. The van der Waals surface area contributed by atoms with Crippen LogP contribution in [-0.4, -0.2) is 80.3 Å². The molecule has 0 bridgehead atoms. The summed E-state index contributed by atoms with van der Waals surface area (Å²) >= 11 is 0. The molecule has 3 heterocycles. The van der Waals surface area contributed by atoms with Crippen molar-refractivity contribution in [1.29, 1.82) is 0 Å². The summed E-state index contributed by atoms with van der Waals surface area (Å²) in [6.45, 7) is 9.80. The van der Waals surface area contributed by atoms with Crippen LogP contribution in [0, 0.1) is 19.7 Å². The zero-order chi connectivity index (χ0) is 24.9. The molecule has 0 spiro atoms. The van der Waals surface area contributed by atoms with Crippen LogP contribution in [0.25, 0.3) is 10.9 Å². The number of nitrogens with zero attached hydrogens (tertiary/aromatic N) is 5. The molecule has 1 aliphatic heterocycles. The molecule has 1 fully saturated rings. The van der Waals surface area contributed by atoms with Gasteiger partial charge in [-0.15, -0.1) is 0 Å². The van der Waals surface area contributed by atoms with Crippen LogP contribution in [-0.2, 0) is 11.0 Å². The number of piperazine rings is 1. The van der Waals surface area contributed by atoms with Gasteiger partial charge >= 0.3 is 0 Å². The third-order valence-electron chi connectivity index (χ3n) is 5.61. The van der Waals surface area contributed by atoms with Crippen molar-refractivity contribution in [3.8, 4) is 5.75 Å². The van der Waals surface area contributed by atoms with E-state index in [0.29, 0.717) is 54.6 Å². The zero-order valence-electron chi connectivity index (χ0n) is 20.0. The molecule has 10 nitrogen and oxygen atoms in total. The van der Waals surface area contributed by atoms with Crippen LogP contribution in [0.5, 0.6) is 5.75 Å². The first-order chi connectivity index (χ1) is 16.8. The fraction of sp³-hybridized carbons (Fsp3) is 0.348. The van der Waals surface area contributed by atoms with Gasteiger partial charge in [0.2, 0.25) is 0 Å². The van der Waals surface area contributed by atoms with Crippen LogP contribution >= 0.6 is 0 Å². The van der Waals surface area contributed by atoms with Crippen molar-refractivity contribution >= 4 is 40.3 Å². The Morgan fingerprint density at radius 3 is 2.71 bits per heavy atom. The maximum absolute atomic E-state index is 14.9. The average molecular weight is 501 g/mol. The summed E-state index contributed by atoms with van der Waals surface area (Å²) in [6.07, 6.45) is 3.42. The van der Waals surface area contributed by atoms with Gasteiger partial charge in [0.1, 0.15) is 11.7 Å². The molecule has 12 heteroatoms. The number of hydrogen-bond donors (Lipinski definition) is 3. The van der Waals surface area contributed by atoms with Crippen molar-refractivity contribution in [2.24, 2.45) is 9.98 Å². The summed E-state index contributed by atoms with van der Waals surface area (Å²) in [5.41, 5.74) is 2.49. The second-order valence-corrected chi connectivity index (χ2v) is 9.53. The topological polar surface area (TPSA) is 114 Å². The van der Waals surface area contributed by atoms with Gasteiger partial charge < -0.3 is 19.9 Å². The third-order valence-corrected chi connectivity index (χ3v) is 6.70. The van der Waals surface area contributed by atoms with Crippen molar-refractivity contribution in [3.63, 3.8) is 0 Å². The Kier molecular flexibility index (Phi) is 7.61. The van der Waals surface area contributed by atoms with Gasteiger partial charge in [-0.05, 0) is 38.8 Å². The van der Waals surface area contributed by atoms with Gasteiger partial charge in [-0.1, -0.05) is 0 Å². The molecule has 0 radical (unpaired) electrons. The average Bonchev–Trinajstić information content (AvgIpc) is 3.43. The first kappa shape index (κ1) is 24.6. The Labute approximate surface area is 205 Å². The Balaban J connectivity index is 1.55. The van der Waals surface area contributed by atoms with Gasteiger partial charge in [0, 0.05) is 66.9 Å². The fourth-order valence-electron chi connectivity index (χ4n) is 3.84. The highest BCUT2D eigenvalue weighted by Crippen LogP contribution is 2.27. The number of aromatic nitrogens is 3. The van der Waals surface area contributed by atoms with E-state index in [1.165, 1.54) is 0 Å². The number of aliphatic imine (C=N–C) groups is 2. The molecule has 186 valence electrons. The lowest BCUT2D eigenvalue weighted by Gasteiger charge is -2.34.